The molecule has 3 heterocycles. The lowest BCUT2D eigenvalue weighted by Gasteiger charge is -2.34. The van der Waals surface area contributed by atoms with Crippen LogP contribution < -0.4 is 15.5 Å². The van der Waals surface area contributed by atoms with Crippen molar-refractivity contribution < 1.29 is 4.79 Å². The maximum Gasteiger partial charge on any atom is 0.225 e. The lowest BCUT2D eigenvalue weighted by Crippen LogP contribution is -2.50. The minimum Gasteiger partial charge on any atom is -0.357 e. The van der Waals surface area contributed by atoms with Gasteiger partial charge in [-0.25, -0.2) is 4.98 Å². The van der Waals surface area contributed by atoms with Gasteiger partial charge in [-0.2, -0.15) is 0 Å². The Morgan fingerprint density at radius 2 is 1.90 bits per heavy atom. The van der Waals surface area contributed by atoms with E-state index in [9.17, 15) is 4.79 Å². The molecule has 2 N–H and O–H groups in total. The summed E-state index contributed by atoms with van der Waals surface area (Å²) in [6, 6.07) is 0.365. The third kappa shape index (κ3) is 6.82. The average molecular weight is 449 g/mol. The van der Waals surface area contributed by atoms with Gasteiger partial charge in [-0.1, -0.05) is 13.8 Å². The van der Waals surface area contributed by atoms with Crippen molar-refractivity contribution in [3.05, 3.63) is 11.1 Å². The van der Waals surface area contributed by atoms with E-state index < -0.39 is 0 Å². The summed E-state index contributed by atoms with van der Waals surface area (Å²) in [4.78, 5) is 26.6. The molecule has 0 aliphatic carbocycles. The highest BCUT2D eigenvalue weighted by atomic mass is 32.1. The number of hydrogen-bond donors (Lipinski definition) is 2. The van der Waals surface area contributed by atoms with Gasteiger partial charge in [0.05, 0.1) is 5.69 Å². The first-order valence-electron chi connectivity index (χ1n) is 12.2. The van der Waals surface area contributed by atoms with Gasteiger partial charge in [-0.3, -0.25) is 9.79 Å². The van der Waals surface area contributed by atoms with Crippen LogP contribution in [0.2, 0.25) is 0 Å². The Labute approximate surface area is 191 Å². The normalized spacial score (nSPS) is 18.1. The zero-order valence-electron chi connectivity index (χ0n) is 19.5. The number of likely N-dealkylation sites (tertiary alicyclic amines) is 1. The molecule has 31 heavy (non-hydrogen) atoms. The monoisotopic (exact) mass is 448 g/mol. The zero-order valence-corrected chi connectivity index (χ0v) is 20.3. The van der Waals surface area contributed by atoms with Gasteiger partial charge >= 0.3 is 0 Å². The van der Waals surface area contributed by atoms with Crippen LogP contribution in [0, 0.1) is 5.92 Å². The molecule has 0 radical (unpaired) electrons. The van der Waals surface area contributed by atoms with Crippen LogP contribution in [0.4, 0.5) is 5.13 Å². The maximum atomic E-state index is 12.6. The molecule has 3 rings (SSSR count). The number of carbonyl (C=O) groups is 1. The van der Waals surface area contributed by atoms with Crippen molar-refractivity contribution in [3.8, 4) is 0 Å². The number of aromatic nitrogens is 1. The van der Waals surface area contributed by atoms with Crippen LogP contribution in [-0.4, -0.2) is 67.1 Å². The van der Waals surface area contributed by atoms with Gasteiger partial charge < -0.3 is 20.4 Å². The quantitative estimate of drug-likeness (QED) is 0.448. The molecule has 0 bridgehead atoms. The van der Waals surface area contributed by atoms with Gasteiger partial charge in [-0.05, 0) is 45.4 Å². The smallest absolute Gasteiger partial charge is 0.225 e. The molecule has 1 aromatic heterocycles. The summed E-state index contributed by atoms with van der Waals surface area (Å²) in [6.07, 6.45) is 7.24. The number of thiazole rings is 1. The molecule has 0 unspecified atom stereocenters. The highest BCUT2D eigenvalue weighted by Crippen LogP contribution is 2.24. The summed E-state index contributed by atoms with van der Waals surface area (Å²) in [5.74, 6) is 1.39. The third-order valence-electron chi connectivity index (χ3n) is 6.38. The molecule has 7 nitrogen and oxygen atoms in total. The number of hydrogen-bond acceptors (Lipinski definition) is 5. The topological polar surface area (TPSA) is 72.9 Å². The van der Waals surface area contributed by atoms with Crippen LogP contribution in [0.1, 0.15) is 65.0 Å². The fourth-order valence-electron chi connectivity index (χ4n) is 4.40. The van der Waals surface area contributed by atoms with E-state index in [2.05, 4.69) is 46.6 Å². The minimum absolute atomic E-state index is 0.181. The lowest BCUT2D eigenvalue weighted by atomic mass is 9.98. The summed E-state index contributed by atoms with van der Waals surface area (Å²) in [6.45, 7) is 11.8. The van der Waals surface area contributed by atoms with E-state index in [4.69, 9.17) is 9.98 Å². The SMILES string of the molecule is CCNC(=NCCc1csc(N2CCCC2)n1)NC1CCN(C(=O)C(CC)CC)CC1. The molecule has 174 valence electrons. The first-order chi connectivity index (χ1) is 15.1. The fourth-order valence-corrected chi connectivity index (χ4v) is 5.31. The molecule has 2 aliphatic heterocycles. The van der Waals surface area contributed by atoms with E-state index in [1.54, 1.807) is 11.3 Å². The summed E-state index contributed by atoms with van der Waals surface area (Å²) in [7, 11) is 0. The van der Waals surface area contributed by atoms with E-state index in [0.717, 1.165) is 88.2 Å². The van der Waals surface area contributed by atoms with Crippen molar-refractivity contribution in [2.75, 3.05) is 44.2 Å². The van der Waals surface area contributed by atoms with Gasteiger partial charge in [0, 0.05) is 63.0 Å². The molecule has 0 spiro atoms. The highest BCUT2D eigenvalue weighted by Gasteiger charge is 2.26. The lowest BCUT2D eigenvalue weighted by molar-refractivity contribution is -0.136. The average Bonchev–Trinajstić information content (AvgIpc) is 3.47. The predicted octanol–water partition coefficient (Wildman–Crippen LogP) is 3.27. The Morgan fingerprint density at radius 1 is 1.19 bits per heavy atom. The van der Waals surface area contributed by atoms with E-state index >= 15 is 0 Å². The molecule has 2 saturated heterocycles. The molecule has 1 aromatic rings. The van der Waals surface area contributed by atoms with E-state index in [-0.39, 0.29) is 5.92 Å². The highest BCUT2D eigenvalue weighted by molar-refractivity contribution is 7.13. The second-order valence-corrected chi connectivity index (χ2v) is 9.42. The number of carbonyl (C=O) groups excluding carboxylic acids is 1. The number of rotatable bonds is 9. The van der Waals surface area contributed by atoms with Crippen molar-refractivity contribution in [1.29, 1.82) is 0 Å². The fraction of sp³-hybridized carbons (Fsp3) is 0.783. The van der Waals surface area contributed by atoms with Gasteiger partial charge in [-0.15, -0.1) is 11.3 Å². The molecule has 1 amide bonds. The minimum atomic E-state index is 0.181. The number of aliphatic imine (C=N–C) groups is 1. The molecular weight excluding hydrogens is 408 g/mol. The Morgan fingerprint density at radius 3 is 2.55 bits per heavy atom. The summed E-state index contributed by atoms with van der Waals surface area (Å²) in [5, 5.41) is 10.3. The predicted molar refractivity (Wildman–Crippen MR) is 130 cm³/mol. The van der Waals surface area contributed by atoms with Crippen LogP contribution in [0.15, 0.2) is 10.4 Å². The third-order valence-corrected chi connectivity index (χ3v) is 7.33. The van der Waals surface area contributed by atoms with Gasteiger partial charge in [0.2, 0.25) is 5.91 Å². The van der Waals surface area contributed by atoms with E-state index in [1.807, 2.05) is 0 Å². The molecule has 0 atom stereocenters. The van der Waals surface area contributed by atoms with Crippen molar-refractivity contribution in [3.63, 3.8) is 0 Å². The Bertz CT molecular complexity index is 703. The molecule has 0 aromatic carbocycles. The largest absolute Gasteiger partial charge is 0.357 e. The number of nitrogens with zero attached hydrogens (tertiary/aromatic N) is 4. The zero-order chi connectivity index (χ0) is 22.1. The van der Waals surface area contributed by atoms with Gasteiger partial charge in [0.25, 0.3) is 0 Å². The summed E-state index contributed by atoms with van der Waals surface area (Å²) in [5.41, 5.74) is 1.14. The first kappa shape index (κ1) is 23.8. The summed E-state index contributed by atoms with van der Waals surface area (Å²) < 4.78 is 0. The van der Waals surface area contributed by atoms with Gasteiger partial charge in [0.15, 0.2) is 11.1 Å². The van der Waals surface area contributed by atoms with E-state index in [1.165, 1.54) is 12.8 Å². The standard InChI is InChI=1S/C23H40N6OS/c1-4-18(5-2)21(30)28-15-10-19(11-16-28)26-22(24-6-3)25-12-9-20-17-31-23(27-20)29-13-7-8-14-29/h17-19H,4-16H2,1-3H3,(H2,24,25,26). The second-order valence-electron chi connectivity index (χ2n) is 8.58. The van der Waals surface area contributed by atoms with Crippen molar-refractivity contribution >= 4 is 28.3 Å². The number of guanidine groups is 1. The number of anilines is 1. The second kappa shape index (κ2) is 12.3. The summed E-state index contributed by atoms with van der Waals surface area (Å²) >= 11 is 1.75. The van der Waals surface area contributed by atoms with E-state index in [0.29, 0.717) is 11.9 Å². The molecular formula is C23H40N6OS. The number of nitrogens with one attached hydrogen (secondary N) is 2. The van der Waals surface area contributed by atoms with Crippen LogP contribution in [0.3, 0.4) is 0 Å². The Hall–Kier alpha value is -1.83. The van der Waals surface area contributed by atoms with Crippen molar-refractivity contribution in [2.45, 2.75) is 71.8 Å². The van der Waals surface area contributed by atoms with Crippen LogP contribution in [0.25, 0.3) is 0 Å². The molecule has 8 heteroatoms. The molecule has 2 fully saturated rings. The van der Waals surface area contributed by atoms with Crippen LogP contribution in [0.5, 0.6) is 0 Å². The number of amides is 1. The van der Waals surface area contributed by atoms with Crippen LogP contribution in [-0.2, 0) is 11.2 Å². The Balaban J connectivity index is 1.45. The van der Waals surface area contributed by atoms with Crippen molar-refractivity contribution in [1.82, 2.24) is 20.5 Å². The number of piperidine rings is 1. The first-order valence-corrected chi connectivity index (χ1v) is 13.1. The maximum absolute atomic E-state index is 12.6. The van der Waals surface area contributed by atoms with Crippen molar-refractivity contribution in [2.24, 2.45) is 10.9 Å². The Kier molecular flexibility index (Phi) is 9.43. The molecule has 0 saturated carbocycles. The van der Waals surface area contributed by atoms with Crippen LogP contribution >= 0.6 is 11.3 Å². The van der Waals surface area contributed by atoms with Gasteiger partial charge in [0.1, 0.15) is 0 Å². The molecule has 2 aliphatic rings.